The topological polar surface area (TPSA) is 72.8 Å². The van der Waals surface area contributed by atoms with Crippen molar-refractivity contribution < 1.29 is 4.74 Å². The Kier molecular flexibility index (Phi) is 3.12. The Balaban J connectivity index is 2.11. The van der Waals surface area contributed by atoms with Gasteiger partial charge in [-0.05, 0) is 28.6 Å². The number of aromatic amines is 1. The standard InChI is InChI=1S/C8H6Cl2N4O2/c9-5-1-2-7(6(10)3-5)16-4-14-8(15)11-12-13-14/h1-3H,4H2,(H,11,13,15). The maximum Gasteiger partial charge on any atom is 0.364 e. The van der Waals surface area contributed by atoms with Crippen molar-refractivity contribution in [3.8, 4) is 5.75 Å². The summed E-state index contributed by atoms with van der Waals surface area (Å²) in [6.07, 6.45) is 0. The lowest BCUT2D eigenvalue weighted by Crippen LogP contribution is -2.21. The normalized spacial score (nSPS) is 10.4. The lowest BCUT2D eigenvalue weighted by Gasteiger charge is -2.06. The minimum atomic E-state index is -0.454. The van der Waals surface area contributed by atoms with Crippen molar-refractivity contribution in [1.82, 2.24) is 20.2 Å². The van der Waals surface area contributed by atoms with Gasteiger partial charge in [0.1, 0.15) is 5.75 Å². The molecule has 0 aliphatic heterocycles. The van der Waals surface area contributed by atoms with Gasteiger partial charge in [-0.15, -0.1) is 0 Å². The average molecular weight is 261 g/mol. The molecule has 8 heteroatoms. The first-order valence-corrected chi connectivity index (χ1v) is 4.98. The van der Waals surface area contributed by atoms with Crippen LogP contribution in [-0.4, -0.2) is 20.2 Å². The first-order chi connectivity index (χ1) is 7.66. The number of halogens is 2. The third-order valence-corrected chi connectivity index (χ3v) is 2.30. The van der Waals surface area contributed by atoms with E-state index in [0.717, 1.165) is 4.68 Å². The van der Waals surface area contributed by atoms with Crippen LogP contribution in [0.2, 0.25) is 10.0 Å². The van der Waals surface area contributed by atoms with Crippen LogP contribution in [0.4, 0.5) is 0 Å². The van der Waals surface area contributed by atoms with Crippen molar-refractivity contribution in [1.29, 1.82) is 0 Å². The molecule has 0 spiro atoms. The smallest absolute Gasteiger partial charge is 0.364 e. The number of aromatic nitrogens is 4. The highest BCUT2D eigenvalue weighted by molar-refractivity contribution is 6.35. The molecule has 2 aromatic rings. The van der Waals surface area contributed by atoms with E-state index in [1.807, 2.05) is 0 Å². The van der Waals surface area contributed by atoms with Crippen molar-refractivity contribution in [2.24, 2.45) is 0 Å². The van der Waals surface area contributed by atoms with Gasteiger partial charge in [-0.3, -0.25) is 0 Å². The fraction of sp³-hybridized carbons (Fsp3) is 0.125. The van der Waals surface area contributed by atoms with E-state index in [4.69, 9.17) is 27.9 Å². The van der Waals surface area contributed by atoms with Crippen LogP contribution in [-0.2, 0) is 6.73 Å². The summed E-state index contributed by atoms with van der Waals surface area (Å²) in [5, 5.41) is 9.81. The second-order valence-corrected chi connectivity index (χ2v) is 3.70. The van der Waals surface area contributed by atoms with E-state index in [1.54, 1.807) is 18.2 Å². The zero-order valence-electron chi connectivity index (χ0n) is 7.85. The Morgan fingerprint density at radius 1 is 1.44 bits per heavy atom. The van der Waals surface area contributed by atoms with Gasteiger partial charge >= 0.3 is 5.69 Å². The summed E-state index contributed by atoms with van der Waals surface area (Å²) < 4.78 is 6.29. The van der Waals surface area contributed by atoms with Crippen molar-refractivity contribution in [3.63, 3.8) is 0 Å². The van der Waals surface area contributed by atoms with Gasteiger partial charge in [-0.25, -0.2) is 9.89 Å². The number of hydrogen-bond donors (Lipinski definition) is 1. The van der Waals surface area contributed by atoms with E-state index < -0.39 is 5.69 Å². The van der Waals surface area contributed by atoms with Crippen LogP contribution in [0.15, 0.2) is 23.0 Å². The summed E-state index contributed by atoms with van der Waals surface area (Å²) in [5.41, 5.74) is -0.454. The van der Waals surface area contributed by atoms with E-state index >= 15 is 0 Å². The molecule has 0 unspecified atom stereocenters. The molecule has 0 radical (unpaired) electrons. The Labute approximate surface area is 99.7 Å². The molecule has 1 N–H and O–H groups in total. The Morgan fingerprint density at radius 3 is 2.88 bits per heavy atom. The van der Waals surface area contributed by atoms with Gasteiger partial charge in [-0.1, -0.05) is 23.2 Å². The van der Waals surface area contributed by atoms with Crippen molar-refractivity contribution in [3.05, 3.63) is 38.7 Å². The minimum absolute atomic E-state index is 0.0727. The van der Waals surface area contributed by atoms with Gasteiger partial charge < -0.3 is 4.74 Å². The number of H-pyrrole nitrogens is 1. The van der Waals surface area contributed by atoms with Crippen LogP contribution >= 0.6 is 23.2 Å². The van der Waals surface area contributed by atoms with Gasteiger partial charge in [0.2, 0.25) is 0 Å². The van der Waals surface area contributed by atoms with E-state index in [9.17, 15) is 4.79 Å². The Hall–Kier alpha value is -1.53. The lowest BCUT2D eigenvalue weighted by molar-refractivity contribution is 0.214. The molecular formula is C8H6Cl2N4O2. The number of hydrogen-bond acceptors (Lipinski definition) is 4. The molecule has 1 aromatic heterocycles. The fourth-order valence-electron chi connectivity index (χ4n) is 1.02. The van der Waals surface area contributed by atoms with Gasteiger partial charge in [-0.2, -0.15) is 4.68 Å². The van der Waals surface area contributed by atoms with E-state index in [0.29, 0.717) is 15.8 Å². The second kappa shape index (κ2) is 4.54. The molecule has 16 heavy (non-hydrogen) atoms. The molecule has 2 rings (SSSR count). The molecule has 0 saturated carbocycles. The molecule has 0 atom stereocenters. The highest BCUT2D eigenvalue weighted by Crippen LogP contribution is 2.27. The van der Waals surface area contributed by atoms with Crippen LogP contribution in [0, 0.1) is 0 Å². The van der Waals surface area contributed by atoms with E-state index in [-0.39, 0.29) is 6.73 Å². The molecule has 6 nitrogen and oxygen atoms in total. The number of tetrazole rings is 1. The summed E-state index contributed by atoms with van der Waals surface area (Å²) in [6.45, 7) is -0.0727. The number of ether oxygens (including phenoxy) is 1. The molecule has 1 aromatic carbocycles. The molecule has 0 fully saturated rings. The third kappa shape index (κ3) is 2.34. The summed E-state index contributed by atoms with van der Waals surface area (Å²) in [5.74, 6) is 0.418. The zero-order valence-corrected chi connectivity index (χ0v) is 9.37. The fourth-order valence-corrected chi connectivity index (χ4v) is 1.49. The molecule has 0 aliphatic carbocycles. The van der Waals surface area contributed by atoms with Crippen LogP contribution in [0.5, 0.6) is 5.75 Å². The number of benzene rings is 1. The summed E-state index contributed by atoms with van der Waals surface area (Å²) in [4.78, 5) is 11.0. The summed E-state index contributed by atoms with van der Waals surface area (Å²) >= 11 is 11.6. The summed E-state index contributed by atoms with van der Waals surface area (Å²) in [6, 6.07) is 4.79. The molecule has 0 saturated heterocycles. The lowest BCUT2D eigenvalue weighted by atomic mass is 10.3. The van der Waals surface area contributed by atoms with Crippen LogP contribution in [0.1, 0.15) is 0 Å². The number of nitrogens with zero attached hydrogens (tertiary/aromatic N) is 3. The molecule has 0 amide bonds. The van der Waals surface area contributed by atoms with Crippen LogP contribution in [0.25, 0.3) is 0 Å². The van der Waals surface area contributed by atoms with Crippen molar-refractivity contribution >= 4 is 23.2 Å². The highest BCUT2D eigenvalue weighted by atomic mass is 35.5. The van der Waals surface area contributed by atoms with Crippen molar-refractivity contribution in [2.45, 2.75) is 6.73 Å². The van der Waals surface area contributed by atoms with Crippen LogP contribution in [0.3, 0.4) is 0 Å². The first-order valence-electron chi connectivity index (χ1n) is 4.23. The van der Waals surface area contributed by atoms with E-state index in [1.165, 1.54) is 0 Å². The molecule has 84 valence electrons. The van der Waals surface area contributed by atoms with Gasteiger partial charge in [0.25, 0.3) is 0 Å². The SMILES string of the molecule is O=c1[nH]nnn1COc1ccc(Cl)cc1Cl. The molecule has 0 aliphatic rings. The third-order valence-electron chi connectivity index (χ3n) is 1.77. The monoisotopic (exact) mass is 260 g/mol. The molecule has 0 bridgehead atoms. The van der Waals surface area contributed by atoms with E-state index in [2.05, 4.69) is 15.5 Å². The quantitative estimate of drug-likeness (QED) is 0.904. The Bertz CT molecular complexity index is 551. The maximum atomic E-state index is 11.0. The first kappa shape index (κ1) is 11.0. The second-order valence-electron chi connectivity index (χ2n) is 2.85. The Morgan fingerprint density at radius 2 is 2.25 bits per heavy atom. The number of rotatable bonds is 3. The maximum absolute atomic E-state index is 11.0. The summed E-state index contributed by atoms with van der Waals surface area (Å²) in [7, 11) is 0. The predicted octanol–water partition coefficient (Wildman–Crippen LogP) is 1.31. The van der Waals surface area contributed by atoms with Crippen molar-refractivity contribution in [2.75, 3.05) is 0 Å². The van der Waals surface area contributed by atoms with Gasteiger partial charge in [0.15, 0.2) is 6.73 Å². The van der Waals surface area contributed by atoms with Crippen LogP contribution < -0.4 is 10.4 Å². The highest BCUT2D eigenvalue weighted by Gasteiger charge is 2.04. The number of nitrogens with one attached hydrogen (secondary N) is 1. The minimum Gasteiger partial charge on any atom is -0.469 e. The van der Waals surface area contributed by atoms with Gasteiger partial charge in [0, 0.05) is 5.02 Å². The average Bonchev–Trinajstić information content (AvgIpc) is 2.63. The molecular weight excluding hydrogens is 255 g/mol. The van der Waals surface area contributed by atoms with Gasteiger partial charge in [0.05, 0.1) is 5.02 Å². The predicted molar refractivity (Wildman–Crippen MR) is 57.7 cm³/mol. The largest absolute Gasteiger partial charge is 0.469 e. The molecule has 1 heterocycles. The zero-order chi connectivity index (χ0) is 11.5.